The summed E-state index contributed by atoms with van der Waals surface area (Å²) in [5.41, 5.74) is 14.0. The van der Waals surface area contributed by atoms with Gasteiger partial charge in [-0.3, -0.25) is 0 Å². The monoisotopic (exact) mass is 332 g/mol. The second-order valence-electron chi connectivity index (χ2n) is 5.63. The van der Waals surface area contributed by atoms with Gasteiger partial charge in [-0.25, -0.2) is 9.97 Å². The van der Waals surface area contributed by atoms with Gasteiger partial charge in [-0.2, -0.15) is 4.98 Å². The van der Waals surface area contributed by atoms with E-state index in [4.69, 9.17) is 16.2 Å². The Hall–Kier alpha value is -2.81. The lowest BCUT2D eigenvalue weighted by Crippen LogP contribution is -2.29. The zero-order valence-corrected chi connectivity index (χ0v) is 14.4. The van der Waals surface area contributed by atoms with Gasteiger partial charge in [0.2, 0.25) is 11.9 Å². The Morgan fingerprint density at radius 3 is 2.50 bits per heavy atom. The number of ether oxygens (including phenoxy) is 1. The van der Waals surface area contributed by atoms with Crippen molar-refractivity contribution in [3.05, 3.63) is 18.5 Å². The molecule has 1 aromatic carbocycles. The molecule has 0 aliphatic carbocycles. The molecule has 1 heterocycles. The number of anilines is 5. The molecule has 0 atom stereocenters. The van der Waals surface area contributed by atoms with Crippen LogP contribution in [0.3, 0.4) is 0 Å². The molecule has 0 aliphatic rings. The first-order valence-electron chi connectivity index (χ1n) is 7.45. The van der Waals surface area contributed by atoms with Crippen molar-refractivity contribution < 1.29 is 4.74 Å². The fourth-order valence-electron chi connectivity index (χ4n) is 2.14. The summed E-state index contributed by atoms with van der Waals surface area (Å²) in [7, 11) is 7.66. The summed E-state index contributed by atoms with van der Waals surface area (Å²) in [6.45, 7) is 1.76. The Balaban J connectivity index is 2.26. The van der Waals surface area contributed by atoms with Gasteiger partial charge in [0, 0.05) is 26.2 Å². The third kappa shape index (κ3) is 4.35. The molecule has 1 aromatic heterocycles. The van der Waals surface area contributed by atoms with Crippen molar-refractivity contribution in [3.63, 3.8) is 0 Å². The predicted molar refractivity (Wildman–Crippen MR) is 96.8 cm³/mol. The second-order valence-corrected chi connectivity index (χ2v) is 5.63. The highest BCUT2D eigenvalue weighted by Crippen LogP contribution is 2.35. The quantitative estimate of drug-likeness (QED) is 0.632. The Labute approximate surface area is 141 Å². The van der Waals surface area contributed by atoms with Crippen molar-refractivity contribution >= 4 is 29.0 Å². The largest absolute Gasteiger partial charge is 0.494 e. The van der Waals surface area contributed by atoms with Gasteiger partial charge < -0.3 is 31.3 Å². The summed E-state index contributed by atoms with van der Waals surface area (Å²) in [6, 6.07) is 3.68. The van der Waals surface area contributed by atoms with Crippen LogP contribution in [0.5, 0.6) is 5.75 Å². The van der Waals surface area contributed by atoms with Crippen molar-refractivity contribution in [3.8, 4) is 5.75 Å². The normalized spacial score (nSPS) is 10.7. The molecule has 0 aliphatic heterocycles. The van der Waals surface area contributed by atoms with E-state index >= 15 is 0 Å². The lowest BCUT2D eigenvalue weighted by Gasteiger charge is -2.24. The number of nitrogens with two attached hydrogens (primary N) is 2. The van der Waals surface area contributed by atoms with Crippen molar-refractivity contribution in [1.82, 2.24) is 19.9 Å². The van der Waals surface area contributed by atoms with Crippen molar-refractivity contribution in [2.24, 2.45) is 0 Å². The Morgan fingerprint density at radius 1 is 1.12 bits per heavy atom. The summed E-state index contributed by atoms with van der Waals surface area (Å²) in [5.74, 6) is 1.10. The van der Waals surface area contributed by atoms with Crippen LogP contribution in [0.4, 0.5) is 29.0 Å². The minimum absolute atomic E-state index is 0.138. The molecule has 2 aromatic rings. The third-order valence-electron chi connectivity index (χ3n) is 3.48. The maximum Gasteiger partial charge on any atom is 0.232 e. The number of rotatable bonds is 7. The SMILES string of the molecule is COc1cc(N(C)CCN(C)C)c(N)cc1Nc1ncnc(N)n1. The summed E-state index contributed by atoms with van der Waals surface area (Å²) < 4.78 is 5.46. The van der Waals surface area contributed by atoms with Crippen LogP contribution in [0.15, 0.2) is 18.5 Å². The topological polar surface area (TPSA) is 118 Å². The van der Waals surface area contributed by atoms with E-state index in [1.165, 1.54) is 6.33 Å². The van der Waals surface area contributed by atoms with E-state index in [0.717, 1.165) is 18.8 Å². The first-order valence-corrected chi connectivity index (χ1v) is 7.45. The van der Waals surface area contributed by atoms with Gasteiger partial charge in [0.05, 0.1) is 24.2 Å². The lowest BCUT2D eigenvalue weighted by molar-refractivity contribution is 0.413. The van der Waals surface area contributed by atoms with Crippen LogP contribution in [0.2, 0.25) is 0 Å². The lowest BCUT2D eigenvalue weighted by atomic mass is 10.2. The van der Waals surface area contributed by atoms with Gasteiger partial charge in [-0.1, -0.05) is 0 Å². The molecule has 130 valence electrons. The Morgan fingerprint density at radius 2 is 1.88 bits per heavy atom. The van der Waals surface area contributed by atoms with Gasteiger partial charge in [0.25, 0.3) is 0 Å². The highest BCUT2D eigenvalue weighted by molar-refractivity contribution is 5.79. The van der Waals surface area contributed by atoms with Gasteiger partial charge in [-0.15, -0.1) is 0 Å². The van der Waals surface area contributed by atoms with Crippen LogP contribution in [0.1, 0.15) is 0 Å². The zero-order chi connectivity index (χ0) is 17.7. The summed E-state index contributed by atoms with van der Waals surface area (Å²) in [6.07, 6.45) is 1.34. The summed E-state index contributed by atoms with van der Waals surface area (Å²) >= 11 is 0. The predicted octanol–water partition coefficient (Wildman–Crippen LogP) is 0.786. The Kier molecular flexibility index (Phi) is 5.59. The van der Waals surface area contributed by atoms with Crippen LogP contribution >= 0.6 is 0 Å². The molecule has 24 heavy (non-hydrogen) atoms. The van der Waals surface area contributed by atoms with E-state index < -0.39 is 0 Å². The molecule has 0 unspecified atom stereocenters. The van der Waals surface area contributed by atoms with Crippen LogP contribution < -0.4 is 26.4 Å². The number of nitrogens with one attached hydrogen (secondary N) is 1. The zero-order valence-electron chi connectivity index (χ0n) is 14.4. The molecular weight excluding hydrogens is 308 g/mol. The molecule has 5 N–H and O–H groups in total. The van der Waals surface area contributed by atoms with Gasteiger partial charge in [0.15, 0.2) is 0 Å². The molecule has 0 radical (unpaired) electrons. The summed E-state index contributed by atoms with van der Waals surface area (Å²) in [5, 5.41) is 3.05. The van der Waals surface area contributed by atoms with Crippen molar-refractivity contribution in [2.75, 3.05) is 63.0 Å². The number of benzene rings is 1. The number of nitrogens with zero attached hydrogens (tertiary/aromatic N) is 5. The summed E-state index contributed by atoms with van der Waals surface area (Å²) in [4.78, 5) is 16.0. The molecule has 0 spiro atoms. The average Bonchev–Trinajstić information content (AvgIpc) is 2.53. The standard InChI is InChI=1S/C15H24N8O/c1-22(2)5-6-23(3)12-8-13(24-4)11(7-10(12)16)20-15-19-9-18-14(17)21-15/h7-9H,5-6,16H2,1-4H3,(H3,17,18,19,20,21). The van der Waals surface area contributed by atoms with E-state index in [0.29, 0.717) is 23.1 Å². The van der Waals surface area contributed by atoms with E-state index in [2.05, 4.69) is 30.1 Å². The van der Waals surface area contributed by atoms with Gasteiger partial charge in [-0.05, 0) is 20.2 Å². The van der Waals surface area contributed by atoms with Gasteiger partial charge >= 0.3 is 0 Å². The van der Waals surface area contributed by atoms with Crippen LogP contribution in [-0.2, 0) is 0 Å². The van der Waals surface area contributed by atoms with E-state index in [1.54, 1.807) is 13.2 Å². The number of hydrogen-bond donors (Lipinski definition) is 3. The molecule has 0 saturated heterocycles. The molecule has 0 fully saturated rings. The molecular formula is C15H24N8O. The van der Waals surface area contributed by atoms with E-state index in [1.807, 2.05) is 27.2 Å². The number of nitrogen functional groups attached to an aromatic ring is 2. The average molecular weight is 332 g/mol. The van der Waals surface area contributed by atoms with E-state index in [9.17, 15) is 0 Å². The fraction of sp³-hybridized carbons (Fsp3) is 0.400. The number of hydrogen-bond acceptors (Lipinski definition) is 9. The minimum atomic E-state index is 0.138. The van der Waals surface area contributed by atoms with E-state index in [-0.39, 0.29) is 5.95 Å². The van der Waals surface area contributed by atoms with Gasteiger partial charge in [0.1, 0.15) is 12.1 Å². The first-order chi connectivity index (χ1) is 11.4. The molecule has 9 nitrogen and oxygen atoms in total. The third-order valence-corrected chi connectivity index (χ3v) is 3.48. The molecule has 2 rings (SSSR count). The highest BCUT2D eigenvalue weighted by atomic mass is 16.5. The second kappa shape index (κ2) is 7.64. The first kappa shape index (κ1) is 17.5. The maximum atomic E-state index is 6.21. The Bertz CT molecular complexity index is 691. The number of methoxy groups -OCH3 is 1. The molecule has 0 bridgehead atoms. The minimum Gasteiger partial charge on any atom is -0.494 e. The van der Waals surface area contributed by atoms with Crippen LogP contribution in [0.25, 0.3) is 0 Å². The molecule has 0 saturated carbocycles. The number of likely N-dealkylation sites (N-methyl/N-ethyl adjacent to an activating group) is 2. The fourth-order valence-corrected chi connectivity index (χ4v) is 2.14. The highest BCUT2D eigenvalue weighted by Gasteiger charge is 2.13. The maximum absolute atomic E-state index is 6.21. The molecule has 9 heteroatoms. The smallest absolute Gasteiger partial charge is 0.232 e. The number of aromatic nitrogens is 3. The van der Waals surface area contributed by atoms with Crippen LogP contribution in [-0.4, -0.2) is 61.2 Å². The molecule has 0 amide bonds. The van der Waals surface area contributed by atoms with Crippen molar-refractivity contribution in [2.45, 2.75) is 0 Å². The van der Waals surface area contributed by atoms with Crippen molar-refractivity contribution in [1.29, 1.82) is 0 Å². The van der Waals surface area contributed by atoms with Crippen LogP contribution in [0, 0.1) is 0 Å².